The Morgan fingerprint density at radius 2 is 1.70 bits per heavy atom. The van der Waals surface area contributed by atoms with E-state index in [1.54, 1.807) is 18.2 Å². The van der Waals surface area contributed by atoms with Crippen LogP contribution in [0.5, 0.6) is 5.75 Å². The molecule has 0 saturated heterocycles. The smallest absolute Gasteiger partial charge is 0.333 e. The van der Waals surface area contributed by atoms with Crippen molar-refractivity contribution < 1.29 is 37.1 Å². The molecule has 2 atom stereocenters. The molecule has 2 aromatic rings. The Bertz CT molecular complexity index is 1190. The fourth-order valence-corrected chi connectivity index (χ4v) is 3.82. The highest BCUT2D eigenvalue weighted by molar-refractivity contribution is 7.86. The second kappa shape index (κ2) is 17.7. The van der Waals surface area contributed by atoms with Crippen molar-refractivity contribution in [3.05, 3.63) is 59.7 Å². The minimum Gasteiger partial charge on any atom is -0.480 e. The third-order valence-corrected chi connectivity index (χ3v) is 5.87. The third-order valence-electron chi connectivity index (χ3n) is 5.38. The van der Waals surface area contributed by atoms with Gasteiger partial charge in [0.2, 0.25) is 0 Å². The minimum atomic E-state index is -3.53. The summed E-state index contributed by atoms with van der Waals surface area (Å²) in [5.74, 6) is -1.77. The molecule has 2 aromatic carbocycles. The van der Waals surface area contributed by atoms with Gasteiger partial charge in [-0.3, -0.25) is 10.2 Å². The molecule has 9 N–H and O–H groups in total. The number of ether oxygens (including phenoxy) is 1. The maximum Gasteiger partial charge on any atom is 0.333 e. The van der Waals surface area contributed by atoms with Gasteiger partial charge >= 0.3 is 22.1 Å². The number of benzene rings is 2. The van der Waals surface area contributed by atoms with Crippen LogP contribution in [0.1, 0.15) is 30.4 Å². The van der Waals surface area contributed by atoms with E-state index in [2.05, 4.69) is 10.6 Å². The fraction of sp³-hybridized carbons (Fsp3) is 0.423. The summed E-state index contributed by atoms with van der Waals surface area (Å²) in [5.41, 5.74) is 13.1. The maximum atomic E-state index is 11.2. The number of nitrogens with two attached hydrogens (primary N) is 2. The number of carbonyl (C=O) groups is 2. The van der Waals surface area contributed by atoms with Crippen LogP contribution in [-0.2, 0) is 37.3 Å². The Labute approximate surface area is 234 Å². The zero-order valence-corrected chi connectivity index (χ0v) is 23.4. The van der Waals surface area contributed by atoms with Crippen molar-refractivity contribution in [1.82, 2.24) is 5.32 Å². The van der Waals surface area contributed by atoms with Crippen molar-refractivity contribution in [3.63, 3.8) is 0 Å². The van der Waals surface area contributed by atoms with E-state index in [4.69, 9.17) is 36.0 Å². The highest BCUT2D eigenvalue weighted by Gasteiger charge is 2.16. The van der Waals surface area contributed by atoms with Crippen molar-refractivity contribution in [2.75, 3.05) is 31.8 Å². The Morgan fingerprint density at radius 3 is 2.25 bits per heavy atom. The van der Waals surface area contributed by atoms with Crippen LogP contribution in [0.4, 0.5) is 5.69 Å². The average Bonchev–Trinajstić information content (AvgIpc) is 2.87. The molecule has 14 heteroatoms. The SMILES string of the molecule is COC(Cc1ccc(NCCCc2cccc(OS(C)(=O)=O)c2)cc1)C(=O)O.N=C(N)NCCC[C@H](N)C(=O)O. The molecule has 0 bridgehead atoms. The second-order valence-electron chi connectivity index (χ2n) is 8.86. The topological polar surface area (TPSA) is 227 Å². The van der Waals surface area contributed by atoms with E-state index in [0.29, 0.717) is 31.6 Å². The van der Waals surface area contributed by atoms with Crippen LogP contribution in [0.3, 0.4) is 0 Å². The number of anilines is 1. The Balaban J connectivity index is 0.000000562. The summed E-state index contributed by atoms with van der Waals surface area (Å²) >= 11 is 0. The first kappa shape index (κ1) is 34.1. The molecule has 0 radical (unpaired) electrons. The minimum absolute atomic E-state index is 0.112. The van der Waals surface area contributed by atoms with Gasteiger partial charge in [0.25, 0.3) is 0 Å². The molecule has 0 aliphatic carbocycles. The van der Waals surface area contributed by atoms with Gasteiger partial charge in [-0.2, -0.15) is 8.42 Å². The summed E-state index contributed by atoms with van der Waals surface area (Å²) in [6, 6.07) is 13.8. The predicted molar refractivity (Wildman–Crippen MR) is 152 cm³/mol. The number of guanidine groups is 1. The van der Waals surface area contributed by atoms with E-state index >= 15 is 0 Å². The van der Waals surface area contributed by atoms with Crippen LogP contribution in [0, 0.1) is 5.41 Å². The number of aryl methyl sites for hydroxylation is 1. The van der Waals surface area contributed by atoms with Crippen LogP contribution < -0.4 is 26.3 Å². The van der Waals surface area contributed by atoms with Gasteiger partial charge in [0, 0.05) is 32.3 Å². The number of aliphatic carboxylic acids is 2. The van der Waals surface area contributed by atoms with Gasteiger partial charge in [-0.05, 0) is 61.1 Å². The first-order valence-electron chi connectivity index (χ1n) is 12.4. The Morgan fingerprint density at radius 1 is 1.02 bits per heavy atom. The van der Waals surface area contributed by atoms with Crippen molar-refractivity contribution in [3.8, 4) is 5.75 Å². The van der Waals surface area contributed by atoms with E-state index in [1.165, 1.54) is 7.11 Å². The van der Waals surface area contributed by atoms with Crippen molar-refractivity contribution in [1.29, 1.82) is 5.41 Å². The molecule has 0 heterocycles. The number of carboxylic acid groups (broad SMARTS) is 2. The van der Waals surface area contributed by atoms with E-state index in [9.17, 15) is 18.0 Å². The molecule has 13 nitrogen and oxygen atoms in total. The quantitative estimate of drug-likeness (QED) is 0.0645. The van der Waals surface area contributed by atoms with Gasteiger partial charge in [0.1, 0.15) is 11.8 Å². The van der Waals surface area contributed by atoms with Gasteiger partial charge in [0.05, 0.1) is 6.26 Å². The zero-order chi connectivity index (χ0) is 30.1. The van der Waals surface area contributed by atoms with E-state index in [-0.39, 0.29) is 5.96 Å². The molecule has 222 valence electrons. The highest BCUT2D eigenvalue weighted by Crippen LogP contribution is 2.17. The van der Waals surface area contributed by atoms with Crippen LogP contribution in [0.25, 0.3) is 0 Å². The third kappa shape index (κ3) is 15.5. The summed E-state index contributed by atoms with van der Waals surface area (Å²) in [4.78, 5) is 21.2. The zero-order valence-electron chi connectivity index (χ0n) is 22.6. The standard InChI is InChI=1S/C20H25NO6S.C6H14N4O2/c1-26-19(20(22)23)14-16-8-10-17(11-9-16)21-12-4-6-15-5-3-7-18(13-15)27-28(2,24)25;7-4(5(11)12)2-1-3-10-6(8)9/h3,5,7-11,13,19,21H,4,6,12,14H2,1-2H3,(H,22,23);4H,1-3,7H2,(H,11,12)(H4,8,9,10)/t;4-/m.0/s1. The number of rotatable bonds is 16. The van der Waals surface area contributed by atoms with Crippen LogP contribution in [0.15, 0.2) is 48.5 Å². The van der Waals surface area contributed by atoms with Crippen molar-refractivity contribution in [2.24, 2.45) is 11.5 Å². The van der Waals surface area contributed by atoms with Gasteiger partial charge in [-0.25, -0.2) is 4.79 Å². The molecule has 0 aliphatic rings. The molecule has 0 fully saturated rings. The lowest BCUT2D eigenvalue weighted by atomic mass is 10.1. The first-order chi connectivity index (χ1) is 18.8. The highest BCUT2D eigenvalue weighted by atomic mass is 32.2. The monoisotopic (exact) mass is 581 g/mol. The maximum absolute atomic E-state index is 11.2. The predicted octanol–water partition coefficient (Wildman–Crippen LogP) is 1.37. The fourth-order valence-electron chi connectivity index (χ4n) is 3.37. The lowest BCUT2D eigenvalue weighted by molar-refractivity contribution is -0.148. The Kier molecular flexibility index (Phi) is 15.1. The van der Waals surface area contributed by atoms with Gasteiger partial charge in [0.15, 0.2) is 12.1 Å². The number of hydrogen-bond acceptors (Lipinski definition) is 9. The largest absolute Gasteiger partial charge is 0.480 e. The van der Waals surface area contributed by atoms with Crippen molar-refractivity contribution in [2.45, 2.75) is 44.2 Å². The van der Waals surface area contributed by atoms with Crippen molar-refractivity contribution >= 4 is 33.7 Å². The van der Waals surface area contributed by atoms with Crippen LogP contribution in [0.2, 0.25) is 0 Å². The molecule has 0 amide bonds. The number of methoxy groups -OCH3 is 1. The number of nitrogens with one attached hydrogen (secondary N) is 3. The normalized spacial score (nSPS) is 12.3. The summed E-state index contributed by atoms with van der Waals surface area (Å²) < 4.78 is 32.2. The summed E-state index contributed by atoms with van der Waals surface area (Å²) in [5, 5.41) is 30.0. The average molecular weight is 582 g/mol. The Hall–Kier alpha value is -3.88. The second-order valence-corrected chi connectivity index (χ2v) is 10.4. The van der Waals surface area contributed by atoms with E-state index < -0.39 is 34.2 Å². The van der Waals surface area contributed by atoms with Crippen LogP contribution in [-0.4, -0.2) is 75.1 Å². The van der Waals surface area contributed by atoms with Gasteiger partial charge in [-0.1, -0.05) is 24.3 Å². The summed E-state index contributed by atoms with van der Waals surface area (Å²) in [6.45, 7) is 1.22. The van der Waals surface area contributed by atoms with Gasteiger partial charge in [-0.15, -0.1) is 0 Å². The molecule has 0 spiro atoms. The van der Waals surface area contributed by atoms with E-state index in [0.717, 1.165) is 42.5 Å². The molecule has 2 rings (SSSR count). The lowest BCUT2D eigenvalue weighted by Crippen LogP contribution is -2.34. The molecule has 0 aliphatic heterocycles. The first-order valence-corrected chi connectivity index (χ1v) is 14.3. The molecular formula is C26H39N5O8S. The van der Waals surface area contributed by atoms with Crippen LogP contribution >= 0.6 is 0 Å². The van der Waals surface area contributed by atoms with Gasteiger partial charge < -0.3 is 41.2 Å². The number of hydrogen-bond donors (Lipinski definition) is 7. The molecule has 1 unspecified atom stereocenters. The lowest BCUT2D eigenvalue weighted by Gasteiger charge is -2.11. The molecule has 40 heavy (non-hydrogen) atoms. The summed E-state index contributed by atoms with van der Waals surface area (Å²) in [6.07, 6.45) is 3.10. The number of carboxylic acids is 2. The molecular weight excluding hydrogens is 542 g/mol. The molecule has 0 aromatic heterocycles. The molecule has 0 saturated carbocycles. The summed E-state index contributed by atoms with van der Waals surface area (Å²) in [7, 11) is -2.14. The van der Waals surface area contributed by atoms with E-state index in [1.807, 2.05) is 30.3 Å².